The highest BCUT2D eigenvalue weighted by atomic mass is 35.5. The highest BCUT2D eigenvalue weighted by molar-refractivity contribution is 6.52. The maximum Gasteiger partial charge on any atom is 0.299 e. The van der Waals surface area contributed by atoms with Gasteiger partial charge in [-0.1, -0.05) is 11.6 Å². The molecule has 1 aliphatic heterocycles. The highest BCUT2D eigenvalue weighted by Gasteiger charge is 2.38. The van der Waals surface area contributed by atoms with Crippen molar-refractivity contribution in [1.82, 2.24) is 4.98 Å². The van der Waals surface area contributed by atoms with Crippen LogP contribution in [0.15, 0.2) is 30.5 Å². The number of aromatic nitrogens is 1. The molecule has 7 heteroatoms. The number of amides is 1. The molecule has 106 valence electrons. The van der Waals surface area contributed by atoms with Gasteiger partial charge in [0.2, 0.25) is 0 Å². The van der Waals surface area contributed by atoms with Crippen LogP contribution in [-0.4, -0.2) is 16.7 Å². The van der Waals surface area contributed by atoms with Crippen LogP contribution >= 0.6 is 11.6 Å². The number of Topliss-reactive ketones (excluding diaryl/α,β-unsaturated/α-hetero) is 1. The number of carbonyl (C=O) groups is 2. The Kier molecular flexibility index (Phi) is 3.17. The van der Waals surface area contributed by atoms with E-state index in [-0.39, 0.29) is 17.8 Å². The maximum absolute atomic E-state index is 13.9. The molecule has 0 atom stereocenters. The van der Waals surface area contributed by atoms with Crippen LogP contribution < -0.4 is 4.90 Å². The van der Waals surface area contributed by atoms with E-state index in [1.165, 1.54) is 12.3 Å². The number of ketones is 1. The van der Waals surface area contributed by atoms with E-state index < -0.39 is 23.3 Å². The number of rotatable bonds is 2. The SMILES string of the molecule is O=C1C(=O)N(Cc2cc(Cl)ccn2)c2c(F)cc(F)cc21. The van der Waals surface area contributed by atoms with E-state index in [1.54, 1.807) is 6.07 Å². The molecule has 0 saturated heterocycles. The van der Waals surface area contributed by atoms with Gasteiger partial charge in [-0.15, -0.1) is 0 Å². The van der Waals surface area contributed by atoms with Crippen LogP contribution in [0.4, 0.5) is 14.5 Å². The van der Waals surface area contributed by atoms with Gasteiger partial charge >= 0.3 is 0 Å². The third-order valence-corrected chi connectivity index (χ3v) is 3.32. The molecule has 0 N–H and O–H groups in total. The van der Waals surface area contributed by atoms with Crippen molar-refractivity contribution < 1.29 is 18.4 Å². The largest absolute Gasteiger partial charge is 0.299 e. The molecule has 1 aromatic carbocycles. The van der Waals surface area contributed by atoms with Crippen molar-refractivity contribution >= 4 is 29.0 Å². The summed E-state index contributed by atoms with van der Waals surface area (Å²) in [5, 5.41) is 0.401. The quantitative estimate of drug-likeness (QED) is 0.802. The van der Waals surface area contributed by atoms with Crippen molar-refractivity contribution in [2.24, 2.45) is 0 Å². The normalized spacial score (nSPS) is 13.8. The third-order valence-electron chi connectivity index (χ3n) is 3.08. The molecule has 1 aliphatic rings. The van der Waals surface area contributed by atoms with Crippen LogP contribution in [0.1, 0.15) is 16.1 Å². The fraction of sp³-hybridized carbons (Fsp3) is 0.0714. The van der Waals surface area contributed by atoms with Gasteiger partial charge in [0.15, 0.2) is 5.82 Å². The van der Waals surface area contributed by atoms with Gasteiger partial charge in [0.25, 0.3) is 11.7 Å². The minimum atomic E-state index is -0.966. The van der Waals surface area contributed by atoms with Crippen LogP contribution in [0.3, 0.4) is 0 Å². The molecular formula is C14H7ClF2N2O2. The second-order valence-corrected chi connectivity index (χ2v) is 4.91. The number of halogens is 3. The van der Waals surface area contributed by atoms with Crippen LogP contribution in [0.25, 0.3) is 0 Å². The molecule has 0 aliphatic carbocycles. The summed E-state index contributed by atoms with van der Waals surface area (Å²) in [5.41, 5.74) is -0.118. The fourth-order valence-corrected chi connectivity index (χ4v) is 2.38. The summed E-state index contributed by atoms with van der Waals surface area (Å²) in [6.07, 6.45) is 1.43. The molecule has 21 heavy (non-hydrogen) atoms. The number of carbonyl (C=O) groups excluding carboxylic acids is 2. The van der Waals surface area contributed by atoms with Gasteiger partial charge in [-0.3, -0.25) is 19.5 Å². The number of hydrogen-bond donors (Lipinski definition) is 0. The van der Waals surface area contributed by atoms with Gasteiger partial charge in [0, 0.05) is 17.3 Å². The Labute approximate surface area is 123 Å². The summed E-state index contributed by atoms with van der Waals surface area (Å²) < 4.78 is 27.1. The van der Waals surface area contributed by atoms with Crippen molar-refractivity contribution in [2.45, 2.75) is 6.54 Å². The minimum absolute atomic E-state index is 0.124. The zero-order valence-corrected chi connectivity index (χ0v) is 11.2. The van der Waals surface area contributed by atoms with Crippen molar-refractivity contribution in [3.8, 4) is 0 Å². The number of nitrogens with zero attached hydrogens (tertiary/aromatic N) is 2. The average Bonchev–Trinajstić information content (AvgIpc) is 2.64. The molecule has 0 spiro atoms. The van der Waals surface area contributed by atoms with E-state index in [0.717, 1.165) is 11.0 Å². The fourth-order valence-electron chi connectivity index (χ4n) is 2.20. The molecule has 2 heterocycles. The van der Waals surface area contributed by atoms with Crippen molar-refractivity contribution in [2.75, 3.05) is 4.90 Å². The van der Waals surface area contributed by atoms with Gasteiger partial charge < -0.3 is 0 Å². The van der Waals surface area contributed by atoms with E-state index in [0.29, 0.717) is 16.8 Å². The van der Waals surface area contributed by atoms with Gasteiger partial charge in [-0.05, 0) is 18.2 Å². The Morgan fingerprint density at radius 2 is 1.95 bits per heavy atom. The van der Waals surface area contributed by atoms with Gasteiger partial charge in [0.05, 0.1) is 23.5 Å². The molecule has 0 unspecified atom stereocenters. The van der Waals surface area contributed by atoms with E-state index in [1.807, 2.05) is 0 Å². The standard InChI is InChI=1S/C14H7ClF2N2O2/c15-7-1-2-18-9(3-7)6-19-12-10(13(20)14(19)21)4-8(16)5-11(12)17/h1-5H,6H2. The lowest BCUT2D eigenvalue weighted by Gasteiger charge is -2.16. The van der Waals surface area contributed by atoms with Crippen LogP contribution in [-0.2, 0) is 11.3 Å². The number of anilines is 1. The maximum atomic E-state index is 13.9. The molecule has 1 amide bonds. The second kappa shape index (κ2) is 4.89. The van der Waals surface area contributed by atoms with Crippen LogP contribution in [0.5, 0.6) is 0 Å². The predicted molar refractivity (Wildman–Crippen MR) is 71.1 cm³/mol. The van der Waals surface area contributed by atoms with Gasteiger partial charge in [-0.2, -0.15) is 0 Å². The number of pyridine rings is 1. The Hall–Kier alpha value is -2.34. The number of hydrogen-bond acceptors (Lipinski definition) is 3. The van der Waals surface area contributed by atoms with Crippen LogP contribution in [0, 0.1) is 11.6 Å². The van der Waals surface area contributed by atoms with E-state index >= 15 is 0 Å². The van der Waals surface area contributed by atoms with Gasteiger partial charge in [-0.25, -0.2) is 8.78 Å². The Balaban J connectivity index is 2.05. The van der Waals surface area contributed by atoms with E-state index in [9.17, 15) is 18.4 Å². The van der Waals surface area contributed by atoms with Crippen molar-refractivity contribution in [3.05, 3.63) is 58.4 Å². The topological polar surface area (TPSA) is 50.3 Å². The molecule has 1 aromatic heterocycles. The first-order valence-electron chi connectivity index (χ1n) is 5.93. The Morgan fingerprint density at radius 1 is 1.19 bits per heavy atom. The monoisotopic (exact) mass is 308 g/mol. The molecular weight excluding hydrogens is 302 g/mol. The summed E-state index contributed by atoms with van der Waals surface area (Å²) in [4.78, 5) is 28.7. The lowest BCUT2D eigenvalue weighted by Crippen LogP contribution is -2.30. The lowest BCUT2D eigenvalue weighted by molar-refractivity contribution is -0.114. The minimum Gasteiger partial charge on any atom is -0.296 e. The first-order valence-corrected chi connectivity index (χ1v) is 6.31. The lowest BCUT2D eigenvalue weighted by atomic mass is 10.1. The van der Waals surface area contributed by atoms with Crippen molar-refractivity contribution in [3.63, 3.8) is 0 Å². The van der Waals surface area contributed by atoms with Crippen molar-refractivity contribution in [1.29, 1.82) is 0 Å². The number of benzene rings is 1. The van der Waals surface area contributed by atoms with E-state index in [2.05, 4.69) is 4.98 Å². The summed E-state index contributed by atoms with van der Waals surface area (Å²) in [6.45, 7) is -0.124. The first kappa shape index (κ1) is 13.6. The zero-order chi connectivity index (χ0) is 15.1. The summed E-state index contributed by atoms with van der Waals surface area (Å²) in [6, 6.07) is 4.53. The van der Waals surface area contributed by atoms with E-state index in [4.69, 9.17) is 11.6 Å². The van der Waals surface area contributed by atoms with Gasteiger partial charge in [0.1, 0.15) is 5.82 Å². The molecule has 0 fully saturated rings. The summed E-state index contributed by atoms with van der Waals surface area (Å²) in [5.74, 6) is -3.73. The smallest absolute Gasteiger partial charge is 0.296 e. The summed E-state index contributed by atoms with van der Waals surface area (Å²) >= 11 is 5.81. The molecule has 0 bridgehead atoms. The Bertz CT molecular complexity index is 780. The second-order valence-electron chi connectivity index (χ2n) is 4.47. The summed E-state index contributed by atoms with van der Waals surface area (Å²) in [7, 11) is 0. The predicted octanol–water partition coefficient (Wildman–Crippen LogP) is 2.74. The zero-order valence-electron chi connectivity index (χ0n) is 10.4. The number of fused-ring (bicyclic) bond motifs is 1. The molecule has 0 radical (unpaired) electrons. The third kappa shape index (κ3) is 2.27. The first-order chi connectivity index (χ1) is 9.97. The molecule has 3 rings (SSSR count). The molecule has 2 aromatic rings. The Morgan fingerprint density at radius 3 is 2.67 bits per heavy atom. The highest BCUT2D eigenvalue weighted by Crippen LogP contribution is 2.33. The average molecular weight is 309 g/mol. The molecule has 0 saturated carbocycles. The molecule has 4 nitrogen and oxygen atoms in total. The van der Waals surface area contributed by atoms with Crippen LogP contribution in [0.2, 0.25) is 5.02 Å².